The van der Waals surface area contributed by atoms with Gasteiger partial charge in [-0.3, -0.25) is 0 Å². The molecule has 1 aromatic carbocycles. The molecule has 112 valence electrons. The third-order valence-corrected chi connectivity index (χ3v) is 3.29. The number of ether oxygens (including phenoxy) is 1. The number of nitrogens with zero attached hydrogens (tertiary/aromatic N) is 1. The molecule has 0 amide bonds. The van der Waals surface area contributed by atoms with Crippen LogP contribution in [-0.2, 0) is 12.0 Å². The maximum Gasteiger partial charge on any atom is 0.219 e. The SMILES string of the molecule is CC(C)(C)c1cc(CN)cc(Oc2cccc(Cl)c2F)n1. The van der Waals surface area contributed by atoms with E-state index in [-0.39, 0.29) is 16.2 Å². The zero-order valence-corrected chi connectivity index (χ0v) is 13.0. The van der Waals surface area contributed by atoms with E-state index in [4.69, 9.17) is 22.1 Å². The Labute approximate surface area is 128 Å². The lowest BCUT2D eigenvalue weighted by molar-refractivity contribution is 0.420. The molecule has 2 N–H and O–H groups in total. The summed E-state index contributed by atoms with van der Waals surface area (Å²) >= 11 is 5.75. The lowest BCUT2D eigenvalue weighted by atomic mass is 9.91. The van der Waals surface area contributed by atoms with Gasteiger partial charge in [-0.1, -0.05) is 38.4 Å². The minimum Gasteiger partial charge on any atom is -0.436 e. The molecule has 0 atom stereocenters. The first-order chi connectivity index (χ1) is 9.81. The van der Waals surface area contributed by atoms with Crippen LogP contribution in [0.15, 0.2) is 30.3 Å². The molecule has 0 aliphatic heterocycles. The Morgan fingerprint density at radius 2 is 2.00 bits per heavy atom. The minimum absolute atomic E-state index is 0.0125. The predicted molar refractivity (Wildman–Crippen MR) is 82.3 cm³/mol. The van der Waals surface area contributed by atoms with E-state index in [1.54, 1.807) is 12.1 Å². The molecule has 0 aliphatic carbocycles. The van der Waals surface area contributed by atoms with Gasteiger partial charge in [-0.05, 0) is 23.8 Å². The molecule has 2 rings (SSSR count). The van der Waals surface area contributed by atoms with Gasteiger partial charge in [0.2, 0.25) is 5.88 Å². The number of pyridine rings is 1. The molecule has 21 heavy (non-hydrogen) atoms. The third kappa shape index (κ3) is 3.71. The summed E-state index contributed by atoms with van der Waals surface area (Å²) in [6.07, 6.45) is 0. The van der Waals surface area contributed by atoms with Crippen molar-refractivity contribution in [3.8, 4) is 11.6 Å². The Bertz CT molecular complexity index is 653. The second kappa shape index (κ2) is 6.00. The van der Waals surface area contributed by atoms with Crippen LogP contribution < -0.4 is 10.5 Å². The second-order valence-electron chi connectivity index (χ2n) is 5.81. The molecule has 0 spiro atoms. The number of hydrogen-bond donors (Lipinski definition) is 1. The summed E-state index contributed by atoms with van der Waals surface area (Å²) < 4.78 is 19.4. The highest BCUT2D eigenvalue weighted by atomic mass is 35.5. The van der Waals surface area contributed by atoms with Crippen LogP contribution in [-0.4, -0.2) is 4.98 Å². The summed E-state index contributed by atoms with van der Waals surface area (Å²) in [5, 5.41) is 0.0125. The predicted octanol–water partition coefficient (Wildman–Crippen LogP) is 4.42. The number of nitrogens with two attached hydrogens (primary N) is 1. The van der Waals surface area contributed by atoms with E-state index in [1.807, 2.05) is 26.8 Å². The van der Waals surface area contributed by atoms with Gasteiger partial charge in [-0.2, -0.15) is 0 Å². The quantitative estimate of drug-likeness (QED) is 0.913. The average molecular weight is 309 g/mol. The molecule has 3 nitrogen and oxygen atoms in total. The van der Waals surface area contributed by atoms with Gasteiger partial charge in [-0.25, -0.2) is 9.37 Å². The highest BCUT2D eigenvalue weighted by Gasteiger charge is 2.18. The van der Waals surface area contributed by atoms with E-state index in [1.165, 1.54) is 12.1 Å². The fourth-order valence-electron chi connectivity index (χ4n) is 1.79. The number of halogens is 2. The molecule has 0 saturated heterocycles. The van der Waals surface area contributed by atoms with Gasteiger partial charge in [0.05, 0.1) is 10.7 Å². The Morgan fingerprint density at radius 1 is 1.29 bits per heavy atom. The smallest absolute Gasteiger partial charge is 0.219 e. The van der Waals surface area contributed by atoms with Crippen LogP contribution in [0.2, 0.25) is 5.02 Å². The number of rotatable bonds is 3. The van der Waals surface area contributed by atoms with Crippen molar-refractivity contribution < 1.29 is 9.13 Å². The molecular weight excluding hydrogens is 291 g/mol. The number of benzene rings is 1. The highest BCUT2D eigenvalue weighted by molar-refractivity contribution is 6.30. The Hall–Kier alpha value is -1.65. The van der Waals surface area contributed by atoms with E-state index < -0.39 is 5.82 Å². The Morgan fingerprint density at radius 3 is 2.62 bits per heavy atom. The van der Waals surface area contributed by atoms with Gasteiger partial charge in [0, 0.05) is 18.0 Å². The third-order valence-electron chi connectivity index (χ3n) is 3.00. The van der Waals surface area contributed by atoms with E-state index >= 15 is 0 Å². The molecule has 5 heteroatoms. The topological polar surface area (TPSA) is 48.1 Å². The monoisotopic (exact) mass is 308 g/mol. The summed E-state index contributed by atoms with van der Waals surface area (Å²) in [6, 6.07) is 8.23. The molecule has 1 aromatic heterocycles. The molecule has 1 heterocycles. The molecule has 0 unspecified atom stereocenters. The summed E-state index contributed by atoms with van der Waals surface area (Å²) in [5.41, 5.74) is 7.26. The Balaban J connectivity index is 2.42. The van der Waals surface area contributed by atoms with Gasteiger partial charge in [0.25, 0.3) is 0 Å². The maximum atomic E-state index is 13.9. The lowest BCUT2D eigenvalue weighted by Gasteiger charge is -2.19. The van der Waals surface area contributed by atoms with Gasteiger partial charge in [0.1, 0.15) is 0 Å². The van der Waals surface area contributed by atoms with Crippen molar-refractivity contribution in [3.63, 3.8) is 0 Å². The van der Waals surface area contributed by atoms with Crippen molar-refractivity contribution in [1.29, 1.82) is 0 Å². The molecule has 0 saturated carbocycles. The van der Waals surface area contributed by atoms with Crippen LogP contribution in [0.1, 0.15) is 32.0 Å². The average Bonchev–Trinajstić information content (AvgIpc) is 2.42. The van der Waals surface area contributed by atoms with Gasteiger partial charge in [-0.15, -0.1) is 0 Å². The van der Waals surface area contributed by atoms with E-state index in [2.05, 4.69) is 4.98 Å². The first-order valence-electron chi connectivity index (χ1n) is 6.64. The van der Waals surface area contributed by atoms with Crippen molar-refractivity contribution in [3.05, 3.63) is 52.4 Å². The summed E-state index contributed by atoms with van der Waals surface area (Å²) in [6.45, 7) is 6.48. The number of hydrogen-bond acceptors (Lipinski definition) is 3. The van der Waals surface area contributed by atoms with E-state index in [0.29, 0.717) is 12.4 Å². The highest BCUT2D eigenvalue weighted by Crippen LogP contribution is 2.30. The van der Waals surface area contributed by atoms with Crippen LogP contribution in [0.4, 0.5) is 4.39 Å². The van der Waals surface area contributed by atoms with Crippen molar-refractivity contribution >= 4 is 11.6 Å². The number of aromatic nitrogens is 1. The van der Waals surface area contributed by atoms with Crippen LogP contribution in [0.25, 0.3) is 0 Å². The van der Waals surface area contributed by atoms with Crippen molar-refractivity contribution in [2.75, 3.05) is 0 Å². The van der Waals surface area contributed by atoms with Gasteiger partial charge < -0.3 is 10.5 Å². The molecule has 0 bridgehead atoms. The summed E-state index contributed by atoms with van der Waals surface area (Å²) in [7, 11) is 0. The molecule has 0 fully saturated rings. The molecule has 2 aromatic rings. The Kier molecular flexibility index (Phi) is 4.49. The normalized spacial score (nSPS) is 11.5. The van der Waals surface area contributed by atoms with Crippen LogP contribution in [0, 0.1) is 5.82 Å². The minimum atomic E-state index is -0.601. The standard InChI is InChI=1S/C16H18ClFN2O/c1-16(2,3)13-7-10(9-19)8-14(20-13)21-12-6-4-5-11(17)15(12)18/h4-8H,9,19H2,1-3H3. The summed E-state index contributed by atoms with van der Waals surface area (Å²) in [5.74, 6) is -0.246. The van der Waals surface area contributed by atoms with E-state index in [9.17, 15) is 4.39 Å². The summed E-state index contributed by atoms with van der Waals surface area (Å²) in [4.78, 5) is 4.43. The lowest BCUT2D eigenvalue weighted by Crippen LogP contribution is -2.15. The van der Waals surface area contributed by atoms with Crippen molar-refractivity contribution in [1.82, 2.24) is 4.98 Å². The van der Waals surface area contributed by atoms with E-state index in [0.717, 1.165) is 11.3 Å². The zero-order valence-electron chi connectivity index (χ0n) is 12.3. The fourth-order valence-corrected chi connectivity index (χ4v) is 1.95. The van der Waals surface area contributed by atoms with Crippen molar-refractivity contribution in [2.24, 2.45) is 5.73 Å². The van der Waals surface area contributed by atoms with Crippen LogP contribution in [0.5, 0.6) is 11.6 Å². The molecular formula is C16H18ClFN2O. The van der Waals surface area contributed by atoms with Crippen LogP contribution in [0.3, 0.4) is 0 Å². The first kappa shape index (κ1) is 15.7. The zero-order chi connectivity index (χ0) is 15.6. The largest absolute Gasteiger partial charge is 0.436 e. The fraction of sp³-hybridized carbons (Fsp3) is 0.312. The first-order valence-corrected chi connectivity index (χ1v) is 7.02. The van der Waals surface area contributed by atoms with Gasteiger partial charge in [0.15, 0.2) is 11.6 Å². The second-order valence-corrected chi connectivity index (χ2v) is 6.21. The van der Waals surface area contributed by atoms with Crippen LogP contribution >= 0.6 is 11.6 Å². The maximum absolute atomic E-state index is 13.9. The molecule has 0 aliphatic rings. The van der Waals surface area contributed by atoms with Gasteiger partial charge >= 0.3 is 0 Å². The molecule has 0 radical (unpaired) electrons. The van der Waals surface area contributed by atoms with Crippen molar-refractivity contribution in [2.45, 2.75) is 32.7 Å².